The van der Waals surface area contributed by atoms with Crippen LogP contribution in [0.1, 0.15) is 23.2 Å². The van der Waals surface area contributed by atoms with Crippen LogP contribution in [0.25, 0.3) is 0 Å². The maximum atomic E-state index is 10.3. The Morgan fingerprint density at radius 2 is 1.38 bits per heavy atom. The highest BCUT2D eigenvalue weighted by atomic mass is 16.4. The van der Waals surface area contributed by atoms with E-state index in [1.807, 2.05) is 0 Å². The molecule has 0 aliphatic heterocycles. The third-order valence-electron chi connectivity index (χ3n) is 2.59. The Kier molecular flexibility index (Phi) is 8.01. The summed E-state index contributed by atoms with van der Waals surface area (Å²) in [6, 6.07) is 1.69. The van der Waals surface area contributed by atoms with Crippen LogP contribution in [0.2, 0.25) is 0 Å². The minimum atomic E-state index is -1.91. The minimum Gasteiger partial charge on any atom is -0.504 e. The number of benzene rings is 1. The quantitative estimate of drug-likeness (QED) is 0.297. The molecule has 134 valence electrons. The van der Waals surface area contributed by atoms with E-state index in [1.165, 1.54) is 0 Å². The van der Waals surface area contributed by atoms with E-state index < -0.39 is 47.4 Å². The maximum absolute atomic E-state index is 10.3. The molecule has 0 heterocycles. The predicted molar refractivity (Wildman–Crippen MR) is 74.9 cm³/mol. The molecule has 0 aliphatic carbocycles. The van der Waals surface area contributed by atoms with Crippen LogP contribution in [0.15, 0.2) is 12.1 Å². The summed E-state index contributed by atoms with van der Waals surface area (Å²) >= 11 is 0. The minimum absolute atomic E-state index is 0.275. The van der Waals surface area contributed by atoms with Crippen molar-refractivity contribution < 1.29 is 55.2 Å². The van der Waals surface area contributed by atoms with Gasteiger partial charge in [0.05, 0.1) is 11.7 Å². The number of aromatic hydroxyl groups is 3. The number of carbonyl (C=O) groups is 3. The highest BCUT2D eigenvalue weighted by molar-refractivity contribution is 5.89. The van der Waals surface area contributed by atoms with E-state index in [1.54, 1.807) is 0 Å². The summed E-state index contributed by atoms with van der Waals surface area (Å²) in [5, 5.41) is 68.8. The molecule has 0 saturated heterocycles. The molecule has 0 radical (unpaired) electrons. The molecule has 2 atom stereocenters. The molecule has 0 fully saturated rings. The predicted octanol–water partition coefficient (Wildman–Crippen LogP) is -0.841. The first-order valence-corrected chi connectivity index (χ1v) is 6.26. The molecule has 11 heteroatoms. The average Bonchev–Trinajstić information content (AvgIpc) is 2.49. The van der Waals surface area contributed by atoms with Crippen LogP contribution in [-0.4, -0.2) is 71.0 Å². The zero-order valence-electron chi connectivity index (χ0n) is 12.0. The van der Waals surface area contributed by atoms with Gasteiger partial charge in [0.15, 0.2) is 23.4 Å². The molecule has 1 aromatic carbocycles. The number of hydrogen-bond acceptors (Lipinski definition) is 8. The molecule has 8 N–H and O–H groups in total. The van der Waals surface area contributed by atoms with Gasteiger partial charge in [-0.05, 0) is 18.6 Å². The Bertz CT molecular complexity index is 587. The molecule has 24 heavy (non-hydrogen) atoms. The topological polar surface area (TPSA) is 213 Å². The van der Waals surface area contributed by atoms with Gasteiger partial charge in [-0.25, -0.2) is 9.59 Å². The van der Waals surface area contributed by atoms with Crippen LogP contribution in [0.4, 0.5) is 0 Å². The second-order valence-electron chi connectivity index (χ2n) is 4.45. The van der Waals surface area contributed by atoms with Crippen molar-refractivity contribution in [2.24, 2.45) is 0 Å². The fourth-order valence-electron chi connectivity index (χ4n) is 1.32. The highest BCUT2D eigenvalue weighted by Crippen LogP contribution is 2.35. The molecule has 0 spiro atoms. The number of carboxylic acid groups (broad SMARTS) is 3. The van der Waals surface area contributed by atoms with Crippen molar-refractivity contribution >= 4 is 17.9 Å². The number of aliphatic hydroxyl groups excluding tert-OH is 2. The van der Waals surface area contributed by atoms with Gasteiger partial charge < -0.3 is 40.9 Å². The molecular formula is C13H16O11. The van der Waals surface area contributed by atoms with Crippen molar-refractivity contribution in [1.29, 1.82) is 0 Å². The molecule has 11 nitrogen and oxygen atoms in total. The van der Waals surface area contributed by atoms with Crippen molar-refractivity contribution in [2.75, 3.05) is 0 Å². The number of carboxylic acids is 3. The fourth-order valence-corrected chi connectivity index (χ4v) is 1.32. The average molecular weight is 348 g/mol. The second-order valence-corrected chi connectivity index (χ2v) is 4.45. The molecule has 2 unspecified atom stereocenters. The third kappa shape index (κ3) is 6.81. The van der Waals surface area contributed by atoms with Gasteiger partial charge >= 0.3 is 17.9 Å². The summed E-state index contributed by atoms with van der Waals surface area (Å²) in [7, 11) is 0. The van der Waals surface area contributed by atoms with Gasteiger partial charge in [-0.1, -0.05) is 0 Å². The standard InChI is InChI=1S/C7H6O5.C6H10O6/c8-4-1-3(7(11)12)2-5(9)6(4)10;7-3(1-2-4(8)9)5(10)6(11)12/h1-2,8-10H,(H,11,12);3,5,7,10H,1-2H2,(H,8,9)(H,11,12). The lowest BCUT2D eigenvalue weighted by atomic mass is 10.1. The normalized spacial score (nSPS) is 12.4. The SMILES string of the molecule is O=C(O)CCC(O)C(O)C(=O)O.O=C(O)c1cc(O)c(O)c(O)c1. The number of aromatic carboxylic acids is 1. The number of phenols is 3. The summed E-state index contributed by atoms with van der Waals surface area (Å²) in [5.41, 5.74) is -0.289. The molecule has 0 amide bonds. The first-order valence-electron chi connectivity index (χ1n) is 6.26. The summed E-state index contributed by atoms with van der Waals surface area (Å²) in [4.78, 5) is 30.3. The van der Waals surface area contributed by atoms with Crippen LogP contribution in [0, 0.1) is 0 Å². The number of rotatable bonds is 6. The number of phenolic OH excluding ortho intramolecular Hbond substituents is 3. The van der Waals surface area contributed by atoms with Gasteiger partial charge in [0.1, 0.15) is 0 Å². The van der Waals surface area contributed by atoms with E-state index in [-0.39, 0.29) is 18.4 Å². The number of aliphatic hydroxyl groups is 2. The zero-order chi connectivity index (χ0) is 19.0. The van der Waals surface area contributed by atoms with Crippen LogP contribution < -0.4 is 0 Å². The highest BCUT2D eigenvalue weighted by Gasteiger charge is 2.23. The summed E-state index contributed by atoms with van der Waals surface area (Å²) in [6.45, 7) is 0. The van der Waals surface area contributed by atoms with Crippen molar-refractivity contribution in [3.8, 4) is 17.2 Å². The van der Waals surface area contributed by atoms with E-state index in [9.17, 15) is 14.4 Å². The lowest BCUT2D eigenvalue weighted by Gasteiger charge is -2.11. The zero-order valence-corrected chi connectivity index (χ0v) is 12.0. The lowest BCUT2D eigenvalue weighted by molar-refractivity contribution is -0.154. The van der Waals surface area contributed by atoms with Crippen molar-refractivity contribution in [3.05, 3.63) is 17.7 Å². The molecule has 0 saturated carbocycles. The largest absolute Gasteiger partial charge is 0.504 e. The molecule has 0 aliphatic rings. The molecular weight excluding hydrogens is 332 g/mol. The smallest absolute Gasteiger partial charge is 0.335 e. The Hall–Kier alpha value is -3.05. The van der Waals surface area contributed by atoms with E-state index in [4.69, 9.17) is 40.9 Å². The van der Waals surface area contributed by atoms with Crippen LogP contribution in [0.3, 0.4) is 0 Å². The Balaban J connectivity index is 0.000000441. The fraction of sp³-hybridized carbons (Fsp3) is 0.308. The van der Waals surface area contributed by atoms with Crippen molar-refractivity contribution in [2.45, 2.75) is 25.0 Å². The number of hydrogen-bond donors (Lipinski definition) is 8. The summed E-state index contributed by atoms with van der Waals surface area (Å²) < 4.78 is 0. The van der Waals surface area contributed by atoms with Gasteiger partial charge in [-0.15, -0.1) is 0 Å². The monoisotopic (exact) mass is 348 g/mol. The van der Waals surface area contributed by atoms with Crippen LogP contribution in [-0.2, 0) is 9.59 Å². The third-order valence-corrected chi connectivity index (χ3v) is 2.59. The van der Waals surface area contributed by atoms with Crippen molar-refractivity contribution in [3.63, 3.8) is 0 Å². The molecule has 1 rings (SSSR count). The van der Waals surface area contributed by atoms with Gasteiger partial charge in [-0.2, -0.15) is 0 Å². The molecule has 1 aromatic rings. The van der Waals surface area contributed by atoms with Crippen LogP contribution >= 0.6 is 0 Å². The lowest BCUT2D eigenvalue weighted by Crippen LogP contribution is -2.33. The van der Waals surface area contributed by atoms with Gasteiger partial charge in [0.2, 0.25) is 0 Å². The Morgan fingerprint density at radius 3 is 1.71 bits per heavy atom. The van der Waals surface area contributed by atoms with E-state index in [2.05, 4.69) is 0 Å². The van der Waals surface area contributed by atoms with E-state index in [0.717, 1.165) is 12.1 Å². The van der Waals surface area contributed by atoms with Crippen molar-refractivity contribution in [1.82, 2.24) is 0 Å². The van der Waals surface area contributed by atoms with Crippen LogP contribution in [0.5, 0.6) is 17.2 Å². The maximum Gasteiger partial charge on any atom is 0.335 e. The van der Waals surface area contributed by atoms with E-state index in [0.29, 0.717) is 0 Å². The first-order chi connectivity index (χ1) is 11.0. The second kappa shape index (κ2) is 9.17. The van der Waals surface area contributed by atoms with Gasteiger partial charge in [0, 0.05) is 6.42 Å². The number of aliphatic carboxylic acids is 2. The van der Waals surface area contributed by atoms with Gasteiger partial charge in [-0.3, -0.25) is 4.79 Å². The Morgan fingerprint density at radius 1 is 0.917 bits per heavy atom. The van der Waals surface area contributed by atoms with E-state index >= 15 is 0 Å². The summed E-state index contributed by atoms with van der Waals surface area (Å²) in [5.74, 6) is -6.04. The molecule has 0 bridgehead atoms. The molecule has 0 aromatic heterocycles. The Labute approximate surface area is 134 Å². The summed E-state index contributed by atoms with van der Waals surface area (Å²) in [6.07, 6.45) is -4.09. The first kappa shape index (κ1) is 20.9. The van der Waals surface area contributed by atoms with Gasteiger partial charge in [0.25, 0.3) is 0 Å².